The largest absolute Gasteiger partial charge is 0.491 e. The van der Waals surface area contributed by atoms with E-state index in [1.54, 1.807) is 0 Å². The third-order valence-electron chi connectivity index (χ3n) is 3.29. The fourth-order valence-electron chi connectivity index (χ4n) is 2.24. The van der Waals surface area contributed by atoms with E-state index in [4.69, 9.17) is 11.2 Å². The van der Waals surface area contributed by atoms with Crippen molar-refractivity contribution in [2.75, 3.05) is 26.2 Å². The molecule has 0 spiro atoms. The Morgan fingerprint density at radius 3 is 2.58 bits per heavy atom. The maximum Gasteiger partial charge on any atom is 0.192 e. The molecule has 0 aliphatic rings. The SMILES string of the molecule is C#CCNC(=NCCOc1ccccc1-c1ccccc1)NCC. The van der Waals surface area contributed by atoms with E-state index in [9.17, 15) is 0 Å². The second kappa shape index (κ2) is 9.96. The van der Waals surface area contributed by atoms with E-state index < -0.39 is 0 Å². The summed E-state index contributed by atoms with van der Waals surface area (Å²) < 4.78 is 5.92. The highest BCUT2D eigenvalue weighted by Gasteiger charge is 2.05. The lowest BCUT2D eigenvalue weighted by Gasteiger charge is -2.12. The lowest BCUT2D eigenvalue weighted by atomic mass is 10.1. The number of ether oxygens (including phenoxy) is 1. The predicted molar refractivity (Wildman–Crippen MR) is 100 cm³/mol. The zero-order chi connectivity index (χ0) is 17.0. The topological polar surface area (TPSA) is 45.7 Å². The van der Waals surface area contributed by atoms with Crippen LogP contribution in [0, 0.1) is 12.3 Å². The van der Waals surface area contributed by atoms with Crippen LogP contribution in [0.3, 0.4) is 0 Å². The molecule has 24 heavy (non-hydrogen) atoms. The molecule has 0 radical (unpaired) electrons. The van der Waals surface area contributed by atoms with E-state index in [0.29, 0.717) is 25.7 Å². The van der Waals surface area contributed by atoms with Crippen molar-refractivity contribution in [3.05, 3.63) is 54.6 Å². The highest BCUT2D eigenvalue weighted by molar-refractivity contribution is 5.80. The summed E-state index contributed by atoms with van der Waals surface area (Å²) in [5, 5.41) is 6.19. The Morgan fingerprint density at radius 2 is 1.83 bits per heavy atom. The lowest BCUT2D eigenvalue weighted by Crippen LogP contribution is -2.37. The molecule has 0 saturated heterocycles. The molecular formula is C20H23N3O. The minimum Gasteiger partial charge on any atom is -0.491 e. The number of benzene rings is 2. The van der Waals surface area contributed by atoms with Crippen LogP contribution in [0.25, 0.3) is 11.1 Å². The van der Waals surface area contributed by atoms with Crippen LogP contribution in [-0.2, 0) is 0 Å². The van der Waals surface area contributed by atoms with Gasteiger partial charge >= 0.3 is 0 Å². The van der Waals surface area contributed by atoms with Crippen molar-refractivity contribution in [3.8, 4) is 29.2 Å². The highest BCUT2D eigenvalue weighted by atomic mass is 16.5. The van der Waals surface area contributed by atoms with E-state index in [1.165, 1.54) is 0 Å². The molecule has 2 N–H and O–H groups in total. The van der Waals surface area contributed by atoms with Crippen LogP contribution >= 0.6 is 0 Å². The zero-order valence-corrected chi connectivity index (χ0v) is 14.0. The van der Waals surface area contributed by atoms with Crippen LogP contribution in [0.4, 0.5) is 0 Å². The van der Waals surface area contributed by atoms with Crippen molar-refractivity contribution < 1.29 is 4.74 Å². The molecular weight excluding hydrogens is 298 g/mol. The average Bonchev–Trinajstić information content (AvgIpc) is 2.64. The molecule has 0 unspecified atom stereocenters. The van der Waals surface area contributed by atoms with Gasteiger partial charge in [-0.2, -0.15) is 0 Å². The van der Waals surface area contributed by atoms with Gasteiger partial charge in [0.25, 0.3) is 0 Å². The molecule has 0 heterocycles. The summed E-state index contributed by atoms with van der Waals surface area (Å²) in [5.41, 5.74) is 2.22. The van der Waals surface area contributed by atoms with E-state index in [1.807, 2.05) is 43.3 Å². The molecule has 0 fully saturated rings. The zero-order valence-electron chi connectivity index (χ0n) is 14.0. The first-order chi connectivity index (χ1) is 11.8. The Kier molecular flexibility index (Phi) is 7.23. The molecule has 2 aromatic carbocycles. The first kappa shape index (κ1) is 17.4. The number of rotatable bonds is 7. The summed E-state index contributed by atoms with van der Waals surface area (Å²) in [4.78, 5) is 4.44. The molecule has 4 nitrogen and oxygen atoms in total. The Bertz CT molecular complexity index is 690. The number of aliphatic imine (C=N–C) groups is 1. The van der Waals surface area contributed by atoms with Crippen LogP contribution in [-0.4, -0.2) is 32.2 Å². The van der Waals surface area contributed by atoms with Gasteiger partial charge in [0.1, 0.15) is 12.4 Å². The van der Waals surface area contributed by atoms with Gasteiger partial charge in [-0.05, 0) is 18.6 Å². The second-order valence-electron chi connectivity index (χ2n) is 5.03. The van der Waals surface area contributed by atoms with Gasteiger partial charge in [0.2, 0.25) is 0 Å². The molecule has 4 heteroatoms. The fraction of sp³-hybridized carbons (Fsp3) is 0.250. The van der Waals surface area contributed by atoms with Gasteiger partial charge in [-0.15, -0.1) is 6.42 Å². The number of nitrogens with one attached hydrogen (secondary N) is 2. The number of terminal acetylenes is 1. The van der Waals surface area contributed by atoms with Gasteiger partial charge < -0.3 is 15.4 Å². The van der Waals surface area contributed by atoms with Gasteiger partial charge in [-0.25, -0.2) is 4.99 Å². The molecule has 0 saturated carbocycles. The first-order valence-electron chi connectivity index (χ1n) is 8.08. The number of guanidine groups is 1. The number of nitrogens with zero attached hydrogens (tertiary/aromatic N) is 1. The van der Waals surface area contributed by atoms with Gasteiger partial charge in [0, 0.05) is 12.1 Å². The second-order valence-corrected chi connectivity index (χ2v) is 5.03. The third kappa shape index (κ3) is 5.36. The minimum atomic E-state index is 0.448. The van der Waals surface area contributed by atoms with E-state index in [0.717, 1.165) is 23.4 Å². The van der Waals surface area contributed by atoms with Crippen molar-refractivity contribution in [2.45, 2.75) is 6.92 Å². The molecule has 124 valence electrons. The van der Waals surface area contributed by atoms with Crippen LogP contribution in [0.2, 0.25) is 0 Å². The monoisotopic (exact) mass is 321 g/mol. The molecule has 0 aliphatic carbocycles. The van der Waals surface area contributed by atoms with Gasteiger partial charge in [0.05, 0.1) is 13.1 Å². The van der Waals surface area contributed by atoms with Crippen molar-refractivity contribution in [1.82, 2.24) is 10.6 Å². The Balaban J connectivity index is 1.96. The summed E-state index contributed by atoms with van der Waals surface area (Å²) in [7, 11) is 0. The van der Waals surface area contributed by atoms with Crippen LogP contribution in [0.5, 0.6) is 5.75 Å². The minimum absolute atomic E-state index is 0.448. The van der Waals surface area contributed by atoms with Crippen LogP contribution in [0.15, 0.2) is 59.6 Å². The average molecular weight is 321 g/mol. The summed E-state index contributed by atoms with van der Waals surface area (Å²) in [6, 6.07) is 18.2. The molecule has 0 amide bonds. The molecule has 0 aliphatic heterocycles. The van der Waals surface area contributed by atoms with E-state index >= 15 is 0 Å². The summed E-state index contributed by atoms with van der Waals surface area (Å²) in [6.07, 6.45) is 5.26. The van der Waals surface area contributed by atoms with Crippen molar-refractivity contribution in [2.24, 2.45) is 4.99 Å². The molecule has 2 rings (SSSR count). The number of hydrogen-bond acceptors (Lipinski definition) is 2. The highest BCUT2D eigenvalue weighted by Crippen LogP contribution is 2.29. The predicted octanol–water partition coefficient (Wildman–Crippen LogP) is 2.92. The third-order valence-corrected chi connectivity index (χ3v) is 3.29. The first-order valence-corrected chi connectivity index (χ1v) is 8.08. The van der Waals surface area contributed by atoms with E-state index in [-0.39, 0.29) is 0 Å². The molecule has 2 aromatic rings. The van der Waals surface area contributed by atoms with Crippen molar-refractivity contribution in [3.63, 3.8) is 0 Å². The summed E-state index contributed by atoms with van der Waals surface area (Å²) in [5.74, 6) is 4.10. The maximum absolute atomic E-state index is 5.92. The van der Waals surface area contributed by atoms with E-state index in [2.05, 4.69) is 39.7 Å². The Hall–Kier alpha value is -2.93. The smallest absolute Gasteiger partial charge is 0.192 e. The van der Waals surface area contributed by atoms with Crippen LogP contribution in [0.1, 0.15) is 6.92 Å². The van der Waals surface area contributed by atoms with Crippen LogP contribution < -0.4 is 15.4 Å². The maximum atomic E-state index is 5.92. The van der Waals surface area contributed by atoms with Gasteiger partial charge in [-0.1, -0.05) is 54.5 Å². The molecule has 0 bridgehead atoms. The summed E-state index contributed by atoms with van der Waals surface area (Å²) in [6.45, 7) is 4.29. The quantitative estimate of drug-likeness (QED) is 0.357. The summed E-state index contributed by atoms with van der Waals surface area (Å²) >= 11 is 0. The molecule has 0 aromatic heterocycles. The van der Waals surface area contributed by atoms with Crippen molar-refractivity contribution >= 4 is 5.96 Å². The normalized spacial score (nSPS) is 10.8. The standard InChI is InChI=1S/C20H23N3O/c1-3-14-22-20(21-4-2)23-15-16-24-19-13-9-8-12-18(19)17-10-6-5-7-11-17/h1,5-13H,4,14-16H2,2H3,(H2,21,22,23). The van der Waals surface area contributed by atoms with Crippen molar-refractivity contribution in [1.29, 1.82) is 0 Å². The lowest BCUT2D eigenvalue weighted by molar-refractivity contribution is 0.330. The van der Waals surface area contributed by atoms with Gasteiger partial charge in [0.15, 0.2) is 5.96 Å². The number of para-hydroxylation sites is 1. The Morgan fingerprint density at radius 1 is 1.08 bits per heavy atom. The van der Waals surface area contributed by atoms with Gasteiger partial charge in [-0.3, -0.25) is 0 Å². The number of hydrogen-bond donors (Lipinski definition) is 2. The Labute approximate surface area is 144 Å². The molecule has 0 atom stereocenters. The fourth-order valence-corrected chi connectivity index (χ4v) is 2.24.